The first-order chi connectivity index (χ1) is 6.11. The van der Waals surface area contributed by atoms with Gasteiger partial charge >= 0.3 is 0 Å². The molecule has 2 N–H and O–H groups in total. The zero-order chi connectivity index (χ0) is 9.84. The number of halogens is 2. The van der Waals surface area contributed by atoms with E-state index in [-0.39, 0.29) is 18.4 Å². The Bertz CT molecular complexity index is 279. The van der Waals surface area contributed by atoms with Crippen LogP contribution >= 0.6 is 12.4 Å². The Labute approximate surface area is 90.1 Å². The number of hydrogen-bond donors (Lipinski definition) is 1. The largest absolute Gasteiger partial charge is 0.324 e. The first kappa shape index (κ1) is 13.3. The van der Waals surface area contributed by atoms with Crippen LogP contribution in [-0.2, 0) is 0 Å². The fourth-order valence-corrected chi connectivity index (χ4v) is 1.31. The molecule has 0 amide bonds. The van der Waals surface area contributed by atoms with Gasteiger partial charge in [0.25, 0.3) is 0 Å². The van der Waals surface area contributed by atoms with Crippen molar-refractivity contribution < 1.29 is 4.39 Å². The SMILES string of the molecule is CC(C)C[C@H](N)c1cccnc1F.Cl. The van der Waals surface area contributed by atoms with E-state index >= 15 is 0 Å². The van der Waals surface area contributed by atoms with E-state index in [1.54, 1.807) is 12.1 Å². The molecule has 0 fully saturated rings. The summed E-state index contributed by atoms with van der Waals surface area (Å²) in [6, 6.07) is 3.15. The molecule has 14 heavy (non-hydrogen) atoms. The molecule has 1 rings (SSSR count). The summed E-state index contributed by atoms with van der Waals surface area (Å²) >= 11 is 0. The van der Waals surface area contributed by atoms with Crippen LogP contribution in [-0.4, -0.2) is 4.98 Å². The number of hydrogen-bond acceptors (Lipinski definition) is 2. The molecule has 1 aromatic rings. The van der Waals surface area contributed by atoms with Crippen molar-refractivity contribution in [3.8, 4) is 0 Å². The smallest absolute Gasteiger partial charge is 0.217 e. The van der Waals surface area contributed by atoms with Gasteiger partial charge in [0.15, 0.2) is 0 Å². The normalized spacial score (nSPS) is 12.4. The molecule has 0 aromatic carbocycles. The van der Waals surface area contributed by atoms with Gasteiger partial charge in [0.2, 0.25) is 5.95 Å². The van der Waals surface area contributed by atoms with Crippen LogP contribution in [0.15, 0.2) is 18.3 Å². The van der Waals surface area contributed by atoms with Gasteiger partial charge < -0.3 is 5.73 Å². The first-order valence-electron chi connectivity index (χ1n) is 4.47. The number of rotatable bonds is 3. The van der Waals surface area contributed by atoms with E-state index in [0.717, 1.165) is 6.42 Å². The summed E-state index contributed by atoms with van der Waals surface area (Å²) in [6.07, 6.45) is 2.21. The molecular weight excluding hydrogens is 203 g/mol. The molecule has 80 valence electrons. The van der Waals surface area contributed by atoms with Gasteiger partial charge in [0, 0.05) is 17.8 Å². The second-order valence-corrected chi connectivity index (χ2v) is 3.62. The monoisotopic (exact) mass is 218 g/mol. The second kappa shape index (κ2) is 5.94. The van der Waals surface area contributed by atoms with Crippen molar-refractivity contribution in [3.05, 3.63) is 29.8 Å². The van der Waals surface area contributed by atoms with Gasteiger partial charge in [0.1, 0.15) is 0 Å². The quantitative estimate of drug-likeness (QED) is 0.793. The molecular formula is C10H16ClFN2. The highest BCUT2D eigenvalue weighted by molar-refractivity contribution is 5.85. The zero-order valence-electron chi connectivity index (χ0n) is 8.40. The minimum absolute atomic E-state index is 0. The van der Waals surface area contributed by atoms with Crippen LogP contribution in [0, 0.1) is 11.9 Å². The molecule has 0 saturated carbocycles. The highest BCUT2D eigenvalue weighted by Gasteiger charge is 2.12. The Hall–Kier alpha value is -0.670. The Balaban J connectivity index is 0.00000169. The average Bonchev–Trinajstić information content (AvgIpc) is 2.03. The average molecular weight is 219 g/mol. The van der Waals surface area contributed by atoms with E-state index in [2.05, 4.69) is 18.8 Å². The summed E-state index contributed by atoms with van der Waals surface area (Å²) in [5.41, 5.74) is 6.33. The molecule has 0 bridgehead atoms. The molecule has 1 atom stereocenters. The number of nitrogens with two attached hydrogens (primary N) is 1. The van der Waals surface area contributed by atoms with Gasteiger partial charge in [-0.2, -0.15) is 4.39 Å². The Morgan fingerprint density at radius 3 is 2.64 bits per heavy atom. The topological polar surface area (TPSA) is 38.9 Å². The third-order valence-corrected chi connectivity index (χ3v) is 1.91. The molecule has 0 saturated heterocycles. The molecule has 0 aliphatic rings. The molecule has 4 heteroatoms. The van der Waals surface area contributed by atoms with Crippen LogP contribution in [0.1, 0.15) is 31.9 Å². The first-order valence-corrected chi connectivity index (χ1v) is 4.47. The lowest BCUT2D eigenvalue weighted by atomic mass is 9.99. The number of nitrogens with zero attached hydrogens (tertiary/aromatic N) is 1. The summed E-state index contributed by atoms with van der Waals surface area (Å²) in [5, 5.41) is 0. The molecule has 0 radical (unpaired) electrons. The Kier molecular flexibility index (Phi) is 5.65. The van der Waals surface area contributed by atoms with Crippen LogP contribution in [0.2, 0.25) is 0 Å². The third-order valence-electron chi connectivity index (χ3n) is 1.91. The Morgan fingerprint density at radius 2 is 2.14 bits per heavy atom. The van der Waals surface area contributed by atoms with E-state index in [9.17, 15) is 4.39 Å². The molecule has 0 unspecified atom stereocenters. The summed E-state index contributed by atoms with van der Waals surface area (Å²) in [5.74, 6) is 0.0188. The fourth-order valence-electron chi connectivity index (χ4n) is 1.31. The minimum Gasteiger partial charge on any atom is -0.324 e. The van der Waals surface area contributed by atoms with Gasteiger partial charge in [-0.15, -0.1) is 12.4 Å². The minimum atomic E-state index is -0.448. The number of aromatic nitrogens is 1. The third kappa shape index (κ3) is 3.60. The summed E-state index contributed by atoms with van der Waals surface area (Å²) < 4.78 is 13.1. The zero-order valence-corrected chi connectivity index (χ0v) is 9.22. The molecule has 0 aliphatic heterocycles. The van der Waals surface area contributed by atoms with E-state index in [0.29, 0.717) is 11.5 Å². The lowest BCUT2D eigenvalue weighted by Gasteiger charge is -2.14. The van der Waals surface area contributed by atoms with Crippen LogP contribution in [0.5, 0.6) is 0 Å². The van der Waals surface area contributed by atoms with Gasteiger partial charge in [-0.05, 0) is 18.4 Å². The standard InChI is InChI=1S/C10H15FN2.ClH/c1-7(2)6-9(12)8-4-3-5-13-10(8)11;/h3-5,7,9H,6,12H2,1-2H3;1H/t9-;/m0./s1. The van der Waals surface area contributed by atoms with Gasteiger partial charge in [-0.1, -0.05) is 19.9 Å². The maximum Gasteiger partial charge on any atom is 0.217 e. The van der Waals surface area contributed by atoms with Gasteiger partial charge in [-0.25, -0.2) is 4.98 Å². The molecule has 2 nitrogen and oxygen atoms in total. The van der Waals surface area contributed by atoms with Crippen molar-refractivity contribution in [2.24, 2.45) is 11.7 Å². The second-order valence-electron chi connectivity index (χ2n) is 3.62. The van der Waals surface area contributed by atoms with Gasteiger partial charge in [-0.3, -0.25) is 0 Å². The van der Waals surface area contributed by atoms with Gasteiger partial charge in [0.05, 0.1) is 0 Å². The van der Waals surface area contributed by atoms with Crippen LogP contribution in [0.4, 0.5) is 4.39 Å². The summed E-state index contributed by atoms with van der Waals surface area (Å²) in [4.78, 5) is 3.56. The predicted octanol–water partition coefficient (Wildman–Crippen LogP) is 2.69. The highest BCUT2D eigenvalue weighted by Crippen LogP contribution is 2.19. The molecule has 1 heterocycles. The molecule has 0 aliphatic carbocycles. The maximum absolute atomic E-state index is 13.1. The van der Waals surface area contributed by atoms with Crippen LogP contribution < -0.4 is 5.73 Å². The van der Waals surface area contributed by atoms with Crippen molar-refractivity contribution in [2.45, 2.75) is 26.3 Å². The summed E-state index contributed by atoms with van der Waals surface area (Å²) in [6.45, 7) is 4.13. The fraction of sp³-hybridized carbons (Fsp3) is 0.500. The lowest BCUT2D eigenvalue weighted by Crippen LogP contribution is -2.15. The Morgan fingerprint density at radius 1 is 1.50 bits per heavy atom. The molecule has 0 spiro atoms. The van der Waals surface area contributed by atoms with Crippen LogP contribution in [0.25, 0.3) is 0 Å². The van der Waals surface area contributed by atoms with E-state index in [1.165, 1.54) is 6.20 Å². The van der Waals surface area contributed by atoms with Crippen molar-refractivity contribution in [1.82, 2.24) is 4.98 Å². The summed E-state index contributed by atoms with van der Waals surface area (Å²) in [7, 11) is 0. The van der Waals surface area contributed by atoms with E-state index in [1.807, 2.05) is 0 Å². The van der Waals surface area contributed by atoms with Crippen molar-refractivity contribution in [3.63, 3.8) is 0 Å². The highest BCUT2D eigenvalue weighted by atomic mass is 35.5. The van der Waals surface area contributed by atoms with Crippen molar-refractivity contribution >= 4 is 12.4 Å². The molecule has 1 aromatic heterocycles. The lowest BCUT2D eigenvalue weighted by molar-refractivity contribution is 0.478. The van der Waals surface area contributed by atoms with E-state index < -0.39 is 5.95 Å². The van der Waals surface area contributed by atoms with Crippen LogP contribution in [0.3, 0.4) is 0 Å². The van der Waals surface area contributed by atoms with Crippen molar-refractivity contribution in [2.75, 3.05) is 0 Å². The van der Waals surface area contributed by atoms with E-state index in [4.69, 9.17) is 5.73 Å². The maximum atomic E-state index is 13.1. The number of pyridine rings is 1. The van der Waals surface area contributed by atoms with Crippen molar-refractivity contribution in [1.29, 1.82) is 0 Å². The predicted molar refractivity (Wildman–Crippen MR) is 57.8 cm³/mol.